The van der Waals surface area contributed by atoms with Crippen molar-refractivity contribution in [2.75, 3.05) is 12.8 Å². The van der Waals surface area contributed by atoms with Crippen molar-refractivity contribution >= 4 is 5.69 Å². The smallest absolute Gasteiger partial charge is 0.216 e. The van der Waals surface area contributed by atoms with Gasteiger partial charge in [0.15, 0.2) is 5.75 Å². The number of nitrogens with zero attached hydrogens (tertiary/aromatic N) is 1. The number of aromatic nitrogens is 1. The molecule has 2 aromatic rings. The van der Waals surface area contributed by atoms with Gasteiger partial charge in [-0.3, -0.25) is 0 Å². The molecule has 0 radical (unpaired) electrons. The van der Waals surface area contributed by atoms with Crippen LogP contribution in [0.25, 0.3) is 0 Å². The summed E-state index contributed by atoms with van der Waals surface area (Å²) in [6.45, 7) is 1.95. The van der Waals surface area contributed by atoms with Crippen molar-refractivity contribution in [2.24, 2.45) is 0 Å². The molecule has 17 heavy (non-hydrogen) atoms. The van der Waals surface area contributed by atoms with E-state index in [1.54, 1.807) is 31.5 Å². The number of pyridine rings is 1. The molecule has 0 unspecified atom stereocenters. The number of hydrogen-bond acceptors (Lipinski definition) is 4. The lowest BCUT2D eigenvalue weighted by atomic mass is 10.2. The Morgan fingerprint density at radius 1 is 1.24 bits per heavy atom. The molecule has 0 bridgehead atoms. The number of nitrogen functional groups attached to an aromatic ring is 1. The Balaban J connectivity index is 2.31. The largest absolute Gasteiger partial charge is 0.481 e. The summed E-state index contributed by atoms with van der Waals surface area (Å²) in [6.07, 6.45) is 1.63. The third-order valence-corrected chi connectivity index (χ3v) is 2.38. The highest BCUT2D eigenvalue weighted by Crippen LogP contribution is 2.31. The van der Waals surface area contributed by atoms with Crippen molar-refractivity contribution in [1.82, 2.24) is 4.98 Å². The fraction of sp³-hybridized carbons (Fsp3) is 0.154. The number of anilines is 1. The topological polar surface area (TPSA) is 57.4 Å². The second-order valence-electron chi connectivity index (χ2n) is 3.63. The molecule has 0 aliphatic heterocycles. The van der Waals surface area contributed by atoms with Gasteiger partial charge in [-0.2, -0.15) is 0 Å². The minimum Gasteiger partial charge on any atom is -0.481 e. The van der Waals surface area contributed by atoms with E-state index in [0.717, 1.165) is 5.56 Å². The zero-order chi connectivity index (χ0) is 12.3. The molecule has 1 aromatic heterocycles. The van der Waals surface area contributed by atoms with E-state index < -0.39 is 0 Å². The van der Waals surface area contributed by atoms with Crippen LogP contribution in [0.5, 0.6) is 17.4 Å². The third-order valence-electron chi connectivity index (χ3n) is 2.38. The van der Waals surface area contributed by atoms with Gasteiger partial charge in [-0.05, 0) is 24.6 Å². The Labute approximate surface area is 100 Å². The molecule has 0 saturated heterocycles. The van der Waals surface area contributed by atoms with Crippen molar-refractivity contribution < 1.29 is 9.47 Å². The lowest BCUT2D eigenvalue weighted by molar-refractivity contribution is 0.392. The van der Waals surface area contributed by atoms with Crippen molar-refractivity contribution in [1.29, 1.82) is 0 Å². The molecular formula is C13H14N2O2. The summed E-state index contributed by atoms with van der Waals surface area (Å²) in [5.74, 6) is 1.83. The normalized spacial score (nSPS) is 10.0. The maximum atomic E-state index is 5.87. The Hall–Kier alpha value is -2.23. The van der Waals surface area contributed by atoms with Gasteiger partial charge in [0.05, 0.1) is 12.8 Å². The summed E-state index contributed by atoms with van der Waals surface area (Å²) in [6, 6.07) is 9.12. The molecule has 0 atom stereocenters. The number of methoxy groups -OCH3 is 1. The standard InChI is InChI=1S/C13H14N2O2/c1-9-4-3-5-11(14)13(9)17-10-6-7-15-12(8-10)16-2/h3-8H,14H2,1-2H3. The molecule has 4 heteroatoms. The number of aryl methyl sites for hydroxylation is 1. The summed E-state index contributed by atoms with van der Waals surface area (Å²) in [5.41, 5.74) is 7.47. The van der Waals surface area contributed by atoms with E-state index in [1.165, 1.54) is 0 Å². The van der Waals surface area contributed by atoms with E-state index in [4.69, 9.17) is 15.2 Å². The van der Waals surface area contributed by atoms with E-state index in [1.807, 2.05) is 19.1 Å². The molecule has 0 fully saturated rings. The average molecular weight is 230 g/mol. The van der Waals surface area contributed by atoms with E-state index >= 15 is 0 Å². The lowest BCUT2D eigenvalue weighted by Crippen LogP contribution is -1.95. The van der Waals surface area contributed by atoms with Gasteiger partial charge < -0.3 is 15.2 Å². The maximum absolute atomic E-state index is 5.87. The van der Waals surface area contributed by atoms with E-state index in [2.05, 4.69) is 4.98 Å². The molecule has 0 aliphatic carbocycles. The fourth-order valence-electron chi connectivity index (χ4n) is 1.50. The van der Waals surface area contributed by atoms with Gasteiger partial charge in [-0.1, -0.05) is 12.1 Å². The van der Waals surface area contributed by atoms with Crippen LogP contribution in [0.3, 0.4) is 0 Å². The number of hydrogen-bond donors (Lipinski definition) is 1. The highest BCUT2D eigenvalue weighted by molar-refractivity contribution is 5.57. The minimum absolute atomic E-state index is 0.509. The fourth-order valence-corrected chi connectivity index (χ4v) is 1.50. The number of rotatable bonds is 3. The highest BCUT2D eigenvalue weighted by atomic mass is 16.5. The summed E-state index contributed by atoms with van der Waals surface area (Å²) in [5, 5.41) is 0. The first-order chi connectivity index (χ1) is 8.20. The molecule has 88 valence electrons. The summed E-state index contributed by atoms with van der Waals surface area (Å²) < 4.78 is 10.8. The van der Waals surface area contributed by atoms with Crippen molar-refractivity contribution in [3.63, 3.8) is 0 Å². The second-order valence-corrected chi connectivity index (χ2v) is 3.63. The van der Waals surface area contributed by atoms with Gasteiger partial charge in [0.1, 0.15) is 5.75 Å². The van der Waals surface area contributed by atoms with E-state index in [9.17, 15) is 0 Å². The van der Waals surface area contributed by atoms with Crippen LogP contribution in [-0.4, -0.2) is 12.1 Å². The van der Waals surface area contributed by atoms with E-state index in [0.29, 0.717) is 23.1 Å². The van der Waals surface area contributed by atoms with E-state index in [-0.39, 0.29) is 0 Å². The molecule has 0 spiro atoms. The molecule has 0 saturated carbocycles. The summed E-state index contributed by atoms with van der Waals surface area (Å²) >= 11 is 0. The Kier molecular flexibility index (Phi) is 3.14. The summed E-state index contributed by atoms with van der Waals surface area (Å²) in [4.78, 5) is 4.01. The van der Waals surface area contributed by atoms with Gasteiger partial charge in [0, 0.05) is 12.3 Å². The first-order valence-corrected chi connectivity index (χ1v) is 5.23. The van der Waals surface area contributed by atoms with Gasteiger partial charge in [-0.15, -0.1) is 0 Å². The Morgan fingerprint density at radius 3 is 2.76 bits per heavy atom. The summed E-state index contributed by atoms with van der Waals surface area (Å²) in [7, 11) is 1.56. The zero-order valence-electron chi connectivity index (χ0n) is 9.81. The Bertz CT molecular complexity index is 506. The predicted octanol–water partition coefficient (Wildman–Crippen LogP) is 2.77. The molecule has 1 aromatic carbocycles. The monoisotopic (exact) mass is 230 g/mol. The number of nitrogens with two attached hydrogens (primary N) is 1. The van der Waals surface area contributed by atoms with Crippen LogP contribution in [0.1, 0.15) is 5.56 Å². The highest BCUT2D eigenvalue weighted by Gasteiger charge is 2.06. The zero-order valence-corrected chi connectivity index (χ0v) is 9.81. The molecule has 1 heterocycles. The molecule has 0 amide bonds. The molecule has 0 aliphatic rings. The van der Waals surface area contributed by atoms with Crippen molar-refractivity contribution in [3.05, 3.63) is 42.1 Å². The first-order valence-electron chi connectivity index (χ1n) is 5.23. The number of benzene rings is 1. The maximum Gasteiger partial charge on any atom is 0.216 e. The van der Waals surface area contributed by atoms with Crippen molar-refractivity contribution in [3.8, 4) is 17.4 Å². The van der Waals surface area contributed by atoms with Crippen LogP contribution < -0.4 is 15.2 Å². The van der Waals surface area contributed by atoms with Crippen LogP contribution in [0, 0.1) is 6.92 Å². The SMILES string of the molecule is COc1cc(Oc2c(C)cccc2N)ccn1. The van der Waals surface area contributed by atoms with Crippen LogP contribution in [0.2, 0.25) is 0 Å². The minimum atomic E-state index is 0.509. The third kappa shape index (κ3) is 2.47. The lowest BCUT2D eigenvalue weighted by Gasteiger charge is -2.11. The van der Waals surface area contributed by atoms with Crippen LogP contribution >= 0.6 is 0 Å². The average Bonchev–Trinajstić information content (AvgIpc) is 2.34. The van der Waals surface area contributed by atoms with Gasteiger partial charge in [0.2, 0.25) is 5.88 Å². The molecule has 4 nitrogen and oxygen atoms in total. The quantitative estimate of drug-likeness (QED) is 0.824. The second kappa shape index (κ2) is 4.74. The molecule has 2 N–H and O–H groups in total. The Morgan fingerprint density at radius 2 is 2.06 bits per heavy atom. The van der Waals surface area contributed by atoms with Crippen LogP contribution in [-0.2, 0) is 0 Å². The van der Waals surface area contributed by atoms with Gasteiger partial charge in [0.25, 0.3) is 0 Å². The predicted molar refractivity (Wildman–Crippen MR) is 66.5 cm³/mol. The first kappa shape index (κ1) is 11.3. The van der Waals surface area contributed by atoms with Crippen LogP contribution in [0.15, 0.2) is 36.5 Å². The number of para-hydroxylation sites is 1. The molecule has 2 rings (SSSR count). The molecular weight excluding hydrogens is 216 g/mol. The van der Waals surface area contributed by atoms with Gasteiger partial charge >= 0.3 is 0 Å². The van der Waals surface area contributed by atoms with Crippen LogP contribution in [0.4, 0.5) is 5.69 Å². The number of ether oxygens (including phenoxy) is 2. The van der Waals surface area contributed by atoms with Crippen molar-refractivity contribution in [2.45, 2.75) is 6.92 Å². The van der Waals surface area contributed by atoms with Gasteiger partial charge in [-0.25, -0.2) is 4.98 Å².